The van der Waals surface area contributed by atoms with E-state index in [4.69, 9.17) is 9.84 Å². The highest BCUT2D eigenvalue weighted by Crippen LogP contribution is 2.34. The minimum Gasteiger partial charge on any atom is -0.482 e. The van der Waals surface area contributed by atoms with Crippen molar-refractivity contribution in [3.63, 3.8) is 0 Å². The standard InChI is InChI=1S/C13H11N3O4/c1-16-10-4-7(2-3-11(10)20-6-12(16)17)8-5-9(13(18)19)15-14-8/h2-5H,6H2,1H3,(H,14,15)(H,18,19). The third-order valence-corrected chi connectivity index (χ3v) is 3.15. The Morgan fingerprint density at radius 2 is 2.25 bits per heavy atom. The predicted octanol–water partition coefficient (Wildman–Crippen LogP) is 1.13. The van der Waals surface area contributed by atoms with E-state index in [1.165, 1.54) is 11.0 Å². The van der Waals surface area contributed by atoms with Crippen LogP contribution in [0.5, 0.6) is 5.75 Å². The topological polar surface area (TPSA) is 95.5 Å². The van der Waals surface area contributed by atoms with E-state index in [2.05, 4.69) is 10.2 Å². The molecule has 1 aliphatic heterocycles. The third kappa shape index (κ3) is 1.89. The number of amides is 1. The number of carboxylic acid groups (broad SMARTS) is 1. The van der Waals surface area contributed by atoms with Gasteiger partial charge in [0, 0.05) is 12.6 Å². The van der Waals surface area contributed by atoms with Gasteiger partial charge in [-0.05, 0) is 24.3 Å². The molecule has 1 aromatic carbocycles. The second kappa shape index (κ2) is 4.37. The number of aromatic carboxylic acids is 1. The van der Waals surface area contributed by atoms with Crippen LogP contribution in [0.25, 0.3) is 11.3 Å². The summed E-state index contributed by atoms with van der Waals surface area (Å²) >= 11 is 0. The summed E-state index contributed by atoms with van der Waals surface area (Å²) in [4.78, 5) is 23.9. The number of carboxylic acids is 1. The molecule has 7 nitrogen and oxygen atoms in total. The maximum absolute atomic E-state index is 11.6. The van der Waals surface area contributed by atoms with Crippen molar-refractivity contribution in [2.75, 3.05) is 18.6 Å². The van der Waals surface area contributed by atoms with Crippen molar-refractivity contribution in [2.24, 2.45) is 0 Å². The number of aromatic amines is 1. The van der Waals surface area contributed by atoms with E-state index in [9.17, 15) is 9.59 Å². The summed E-state index contributed by atoms with van der Waals surface area (Å²) < 4.78 is 5.33. The molecule has 2 aromatic rings. The highest BCUT2D eigenvalue weighted by molar-refractivity contribution is 5.98. The van der Waals surface area contributed by atoms with Crippen LogP contribution in [0.3, 0.4) is 0 Å². The van der Waals surface area contributed by atoms with Crippen LogP contribution >= 0.6 is 0 Å². The molecule has 20 heavy (non-hydrogen) atoms. The third-order valence-electron chi connectivity index (χ3n) is 3.15. The number of nitrogens with zero attached hydrogens (tertiary/aromatic N) is 2. The lowest BCUT2D eigenvalue weighted by atomic mass is 10.1. The molecule has 2 heterocycles. The van der Waals surface area contributed by atoms with E-state index in [-0.39, 0.29) is 18.2 Å². The van der Waals surface area contributed by atoms with Gasteiger partial charge >= 0.3 is 5.97 Å². The summed E-state index contributed by atoms with van der Waals surface area (Å²) in [5.41, 5.74) is 1.85. The number of aromatic nitrogens is 2. The first-order valence-corrected chi connectivity index (χ1v) is 5.89. The Morgan fingerprint density at radius 1 is 1.45 bits per heavy atom. The SMILES string of the molecule is CN1C(=O)COc2ccc(-c3cc(C(=O)O)[nH]n3)cc21. The summed E-state index contributed by atoms with van der Waals surface area (Å²) in [6.07, 6.45) is 0. The lowest BCUT2D eigenvalue weighted by Gasteiger charge is -2.26. The molecular weight excluding hydrogens is 262 g/mol. The lowest BCUT2D eigenvalue weighted by Crippen LogP contribution is -2.35. The molecule has 102 valence electrons. The van der Waals surface area contributed by atoms with Crippen LogP contribution in [-0.4, -0.2) is 40.8 Å². The Labute approximate surface area is 113 Å². The van der Waals surface area contributed by atoms with Crippen LogP contribution in [0.4, 0.5) is 5.69 Å². The normalized spacial score (nSPS) is 13.8. The Balaban J connectivity index is 2.03. The summed E-state index contributed by atoms with van der Waals surface area (Å²) in [6.45, 7) is 0.0222. The van der Waals surface area contributed by atoms with Gasteiger partial charge in [-0.1, -0.05) is 0 Å². The highest BCUT2D eigenvalue weighted by Gasteiger charge is 2.23. The predicted molar refractivity (Wildman–Crippen MR) is 69.9 cm³/mol. The Morgan fingerprint density at radius 3 is 2.95 bits per heavy atom. The largest absolute Gasteiger partial charge is 0.482 e. The second-order valence-corrected chi connectivity index (χ2v) is 4.40. The van der Waals surface area contributed by atoms with E-state index in [1.807, 2.05) is 0 Å². The molecular formula is C13H11N3O4. The fourth-order valence-electron chi connectivity index (χ4n) is 2.01. The molecule has 0 spiro atoms. The number of benzene rings is 1. The van der Waals surface area contributed by atoms with Gasteiger partial charge in [-0.25, -0.2) is 4.79 Å². The van der Waals surface area contributed by atoms with Crippen molar-refractivity contribution in [3.8, 4) is 17.0 Å². The minimum atomic E-state index is -1.07. The number of hydrogen-bond acceptors (Lipinski definition) is 4. The Kier molecular flexibility index (Phi) is 2.67. The number of fused-ring (bicyclic) bond motifs is 1. The van der Waals surface area contributed by atoms with Crippen LogP contribution in [-0.2, 0) is 4.79 Å². The van der Waals surface area contributed by atoms with E-state index in [1.54, 1.807) is 25.2 Å². The molecule has 0 atom stereocenters. The van der Waals surface area contributed by atoms with Crippen LogP contribution in [0.2, 0.25) is 0 Å². The smallest absolute Gasteiger partial charge is 0.353 e. The quantitative estimate of drug-likeness (QED) is 0.855. The van der Waals surface area contributed by atoms with Gasteiger partial charge in [0.2, 0.25) is 0 Å². The van der Waals surface area contributed by atoms with Gasteiger partial charge in [0.1, 0.15) is 11.4 Å². The molecule has 0 radical (unpaired) electrons. The molecule has 3 rings (SSSR count). The Hall–Kier alpha value is -2.83. The van der Waals surface area contributed by atoms with Gasteiger partial charge in [0.25, 0.3) is 5.91 Å². The second-order valence-electron chi connectivity index (χ2n) is 4.40. The maximum Gasteiger partial charge on any atom is 0.353 e. The average Bonchev–Trinajstić information content (AvgIpc) is 2.93. The summed E-state index contributed by atoms with van der Waals surface area (Å²) in [5.74, 6) is -0.593. The van der Waals surface area contributed by atoms with Crippen molar-refractivity contribution >= 4 is 17.6 Å². The number of H-pyrrole nitrogens is 1. The minimum absolute atomic E-state index is 0.0124. The van der Waals surface area contributed by atoms with Crippen molar-refractivity contribution in [1.82, 2.24) is 10.2 Å². The molecule has 2 N–H and O–H groups in total. The van der Waals surface area contributed by atoms with Crippen molar-refractivity contribution in [3.05, 3.63) is 30.0 Å². The molecule has 1 aliphatic rings. The number of anilines is 1. The molecule has 0 bridgehead atoms. The number of carbonyl (C=O) groups is 2. The molecule has 0 saturated heterocycles. The molecule has 0 fully saturated rings. The summed E-state index contributed by atoms with van der Waals surface area (Å²) in [5, 5.41) is 15.3. The zero-order chi connectivity index (χ0) is 14.3. The molecule has 7 heteroatoms. The number of likely N-dealkylation sites (N-methyl/N-ethyl adjacent to an activating group) is 1. The number of nitrogens with one attached hydrogen (secondary N) is 1. The van der Waals surface area contributed by atoms with Crippen molar-refractivity contribution in [2.45, 2.75) is 0 Å². The zero-order valence-corrected chi connectivity index (χ0v) is 10.6. The first kappa shape index (κ1) is 12.2. The number of rotatable bonds is 2. The summed E-state index contributed by atoms with van der Waals surface area (Å²) in [6, 6.07) is 6.69. The zero-order valence-electron chi connectivity index (χ0n) is 10.6. The van der Waals surface area contributed by atoms with Gasteiger partial charge in [0.05, 0.1) is 11.4 Å². The number of ether oxygens (including phenoxy) is 1. The number of hydrogen-bond donors (Lipinski definition) is 2. The van der Waals surface area contributed by atoms with Crippen LogP contribution in [0, 0.1) is 0 Å². The van der Waals surface area contributed by atoms with Crippen LogP contribution in [0.15, 0.2) is 24.3 Å². The molecule has 1 amide bonds. The van der Waals surface area contributed by atoms with Gasteiger partial charge < -0.3 is 14.7 Å². The summed E-state index contributed by atoms with van der Waals surface area (Å²) in [7, 11) is 1.67. The van der Waals surface area contributed by atoms with Gasteiger partial charge in [-0.2, -0.15) is 5.10 Å². The van der Waals surface area contributed by atoms with Crippen LogP contribution < -0.4 is 9.64 Å². The molecule has 0 saturated carbocycles. The van der Waals surface area contributed by atoms with E-state index >= 15 is 0 Å². The fourth-order valence-corrected chi connectivity index (χ4v) is 2.01. The number of carbonyl (C=O) groups excluding carboxylic acids is 1. The van der Waals surface area contributed by atoms with E-state index in [0.29, 0.717) is 22.7 Å². The average molecular weight is 273 g/mol. The van der Waals surface area contributed by atoms with Gasteiger partial charge in [-0.15, -0.1) is 0 Å². The molecule has 1 aromatic heterocycles. The van der Waals surface area contributed by atoms with Crippen LogP contribution in [0.1, 0.15) is 10.5 Å². The first-order chi connectivity index (χ1) is 9.56. The van der Waals surface area contributed by atoms with E-state index < -0.39 is 5.97 Å². The monoisotopic (exact) mass is 273 g/mol. The van der Waals surface area contributed by atoms with Crippen molar-refractivity contribution < 1.29 is 19.4 Å². The molecule has 0 aliphatic carbocycles. The first-order valence-electron chi connectivity index (χ1n) is 5.89. The highest BCUT2D eigenvalue weighted by atomic mass is 16.5. The fraction of sp³-hybridized carbons (Fsp3) is 0.154. The van der Waals surface area contributed by atoms with Gasteiger partial charge in [0.15, 0.2) is 6.61 Å². The maximum atomic E-state index is 11.6. The van der Waals surface area contributed by atoms with Crippen molar-refractivity contribution in [1.29, 1.82) is 0 Å². The Bertz CT molecular complexity index is 707. The lowest BCUT2D eigenvalue weighted by molar-refractivity contribution is -0.120. The van der Waals surface area contributed by atoms with Gasteiger partial charge in [-0.3, -0.25) is 9.89 Å². The van der Waals surface area contributed by atoms with E-state index in [0.717, 1.165) is 0 Å². The molecule has 0 unspecified atom stereocenters.